The zero-order valence-electron chi connectivity index (χ0n) is 9.79. The molecule has 0 radical (unpaired) electrons. The standard InChI is InChI=1S/C13H18INO/c1-3-8-13(2,15)12(16)9-10-4-6-11(14)7-5-10/h4-7H,3,8-9,15H2,1-2H3. The molecule has 2 nitrogen and oxygen atoms in total. The molecule has 0 bridgehead atoms. The minimum absolute atomic E-state index is 0.121. The Morgan fingerprint density at radius 3 is 2.44 bits per heavy atom. The maximum Gasteiger partial charge on any atom is 0.156 e. The van der Waals surface area contributed by atoms with Crippen LogP contribution in [0.5, 0.6) is 0 Å². The molecule has 0 aliphatic carbocycles. The van der Waals surface area contributed by atoms with Gasteiger partial charge in [0, 0.05) is 9.99 Å². The van der Waals surface area contributed by atoms with Gasteiger partial charge in [0.2, 0.25) is 0 Å². The number of carbonyl (C=O) groups is 1. The van der Waals surface area contributed by atoms with Crippen LogP contribution in [0.3, 0.4) is 0 Å². The van der Waals surface area contributed by atoms with E-state index in [1.165, 1.54) is 3.57 Å². The number of nitrogens with two attached hydrogens (primary N) is 1. The average molecular weight is 331 g/mol. The Morgan fingerprint density at radius 2 is 1.94 bits per heavy atom. The number of ketones is 1. The number of Topliss-reactive ketones (excluding diaryl/α,β-unsaturated/α-hetero) is 1. The molecule has 0 spiro atoms. The summed E-state index contributed by atoms with van der Waals surface area (Å²) in [7, 11) is 0. The number of carbonyl (C=O) groups excluding carboxylic acids is 1. The highest BCUT2D eigenvalue weighted by Gasteiger charge is 2.26. The lowest BCUT2D eigenvalue weighted by atomic mass is 9.89. The second kappa shape index (κ2) is 5.77. The highest BCUT2D eigenvalue weighted by atomic mass is 127. The first-order valence-corrected chi connectivity index (χ1v) is 6.60. The van der Waals surface area contributed by atoms with Crippen molar-refractivity contribution in [2.24, 2.45) is 5.73 Å². The van der Waals surface area contributed by atoms with Gasteiger partial charge in [-0.2, -0.15) is 0 Å². The molecule has 0 aliphatic heterocycles. The summed E-state index contributed by atoms with van der Waals surface area (Å²) in [5.74, 6) is 0.121. The molecule has 2 N–H and O–H groups in total. The van der Waals surface area contributed by atoms with E-state index in [1.54, 1.807) is 0 Å². The van der Waals surface area contributed by atoms with E-state index in [9.17, 15) is 4.79 Å². The van der Waals surface area contributed by atoms with Gasteiger partial charge in [-0.25, -0.2) is 0 Å². The zero-order valence-corrected chi connectivity index (χ0v) is 12.0. The van der Waals surface area contributed by atoms with E-state index < -0.39 is 5.54 Å². The van der Waals surface area contributed by atoms with E-state index in [0.29, 0.717) is 6.42 Å². The number of halogens is 1. The van der Waals surface area contributed by atoms with Crippen LogP contribution >= 0.6 is 22.6 Å². The number of rotatable bonds is 5. The molecular weight excluding hydrogens is 313 g/mol. The highest BCUT2D eigenvalue weighted by molar-refractivity contribution is 14.1. The summed E-state index contributed by atoms with van der Waals surface area (Å²) >= 11 is 2.25. The van der Waals surface area contributed by atoms with E-state index in [4.69, 9.17) is 5.73 Å². The largest absolute Gasteiger partial charge is 0.319 e. The molecule has 0 aromatic heterocycles. The SMILES string of the molecule is CCCC(C)(N)C(=O)Cc1ccc(I)cc1. The third kappa shape index (κ3) is 3.87. The predicted molar refractivity (Wildman–Crippen MR) is 75.4 cm³/mol. The first-order valence-electron chi connectivity index (χ1n) is 5.52. The molecule has 1 aromatic rings. The Morgan fingerprint density at radius 1 is 1.38 bits per heavy atom. The number of hydrogen-bond donors (Lipinski definition) is 1. The van der Waals surface area contributed by atoms with Gasteiger partial charge < -0.3 is 5.73 Å². The molecule has 1 unspecified atom stereocenters. The zero-order chi connectivity index (χ0) is 12.2. The van der Waals surface area contributed by atoms with Gasteiger partial charge in [0.25, 0.3) is 0 Å². The van der Waals surface area contributed by atoms with E-state index in [1.807, 2.05) is 38.1 Å². The van der Waals surface area contributed by atoms with Crippen LogP contribution < -0.4 is 5.73 Å². The van der Waals surface area contributed by atoms with Crippen LogP contribution in [-0.2, 0) is 11.2 Å². The maximum absolute atomic E-state index is 12.0. The highest BCUT2D eigenvalue weighted by Crippen LogP contribution is 2.14. The second-order valence-corrected chi connectivity index (χ2v) is 5.64. The molecule has 0 saturated carbocycles. The molecule has 0 saturated heterocycles. The normalized spacial score (nSPS) is 14.5. The van der Waals surface area contributed by atoms with Crippen LogP contribution in [0, 0.1) is 3.57 Å². The smallest absolute Gasteiger partial charge is 0.156 e. The first kappa shape index (κ1) is 13.6. The Balaban J connectivity index is 2.67. The summed E-state index contributed by atoms with van der Waals surface area (Å²) in [6, 6.07) is 8.00. The van der Waals surface area contributed by atoms with Crippen molar-refractivity contribution in [2.75, 3.05) is 0 Å². The minimum Gasteiger partial charge on any atom is -0.319 e. The predicted octanol–water partition coefficient (Wildman–Crippen LogP) is 2.92. The molecule has 1 aromatic carbocycles. The van der Waals surface area contributed by atoms with Crippen LogP contribution in [-0.4, -0.2) is 11.3 Å². The summed E-state index contributed by atoms with van der Waals surface area (Å²) < 4.78 is 1.18. The van der Waals surface area contributed by atoms with Gasteiger partial charge in [-0.15, -0.1) is 0 Å². The number of benzene rings is 1. The molecule has 0 amide bonds. The van der Waals surface area contributed by atoms with Crippen molar-refractivity contribution in [2.45, 2.75) is 38.6 Å². The maximum atomic E-state index is 12.0. The third-order valence-corrected chi connectivity index (χ3v) is 3.40. The summed E-state index contributed by atoms with van der Waals surface area (Å²) in [6.07, 6.45) is 2.12. The lowest BCUT2D eigenvalue weighted by Gasteiger charge is -2.22. The molecule has 3 heteroatoms. The van der Waals surface area contributed by atoms with Crippen molar-refractivity contribution >= 4 is 28.4 Å². The molecule has 1 atom stereocenters. The monoisotopic (exact) mass is 331 g/mol. The van der Waals surface area contributed by atoms with Crippen LogP contribution in [0.15, 0.2) is 24.3 Å². The van der Waals surface area contributed by atoms with Crippen molar-refractivity contribution in [3.63, 3.8) is 0 Å². The van der Waals surface area contributed by atoms with E-state index in [2.05, 4.69) is 22.6 Å². The quantitative estimate of drug-likeness (QED) is 0.843. The van der Waals surface area contributed by atoms with E-state index in [-0.39, 0.29) is 5.78 Å². The van der Waals surface area contributed by atoms with Crippen LogP contribution in [0.1, 0.15) is 32.3 Å². The van der Waals surface area contributed by atoms with Gasteiger partial charge in [0.15, 0.2) is 5.78 Å². The van der Waals surface area contributed by atoms with E-state index in [0.717, 1.165) is 18.4 Å². The van der Waals surface area contributed by atoms with Crippen molar-refractivity contribution in [1.29, 1.82) is 0 Å². The van der Waals surface area contributed by atoms with Crippen LogP contribution in [0.2, 0.25) is 0 Å². The van der Waals surface area contributed by atoms with Crippen molar-refractivity contribution < 1.29 is 4.79 Å². The van der Waals surface area contributed by atoms with Gasteiger partial charge >= 0.3 is 0 Å². The van der Waals surface area contributed by atoms with Gasteiger partial charge in [-0.05, 0) is 53.6 Å². The van der Waals surface area contributed by atoms with Crippen molar-refractivity contribution in [3.05, 3.63) is 33.4 Å². The van der Waals surface area contributed by atoms with Crippen molar-refractivity contribution in [1.82, 2.24) is 0 Å². The summed E-state index contributed by atoms with van der Waals surface area (Å²) in [5.41, 5.74) is 6.35. The molecule has 88 valence electrons. The Labute approximate surface area is 111 Å². The second-order valence-electron chi connectivity index (χ2n) is 4.39. The summed E-state index contributed by atoms with van der Waals surface area (Å²) in [5, 5.41) is 0. The fourth-order valence-corrected chi connectivity index (χ4v) is 2.01. The Hall–Kier alpha value is -0.420. The Bertz CT molecular complexity index is 357. The summed E-state index contributed by atoms with van der Waals surface area (Å²) in [4.78, 5) is 12.0. The lowest BCUT2D eigenvalue weighted by molar-refractivity contribution is -0.123. The average Bonchev–Trinajstić information content (AvgIpc) is 2.21. The fourth-order valence-electron chi connectivity index (χ4n) is 1.65. The first-order chi connectivity index (χ1) is 7.45. The minimum atomic E-state index is -0.683. The molecule has 1 rings (SSSR count). The number of hydrogen-bond acceptors (Lipinski definition) is 2. The molecule has 0 heterocycles. The third-order valence-electron chi connectivity index (χ3n) is 2.68. The summed E-state index contributed by atoms with van der Waals surface area (Å²) in [6.45, 7) is 3.87. The lowest BCUT2D eigenvalue weighted by Crippen LogP contribution is -2.45. The van der Waals surface area contributed by atoms with Crippen LogP contribution in [0.4, 0.5) is 0 Å². The van der Waals surface area contributed by atoms with Gasteiger partial charge in [0.1, 0.15) is 0 Å². The molecule has 0 fully saturated rings. The molecule has 16 heavy (non-hydrogen) atoms. The molecule has 0 aliphatic rings. The van der Waals surface area contributed by atoms with Gasteiger partial charge in [-0.1, -0.05) is 25.5 Å². The topological polar surface area (TPSA) is 43.1 Å². The Kier molecular flexibility index (Phi) is 4.92. The van der Waals surface area contributed by atoms with E-state index >= 15 is 0 Å². The van der Waals surface area contributed by atoms with Gasteiger partial charge in [0.05, 0.1) is 5.54 Å². The van der Waals surface area contributed by atoms with Gasteiger partial charge in [-0.3, -0.25) is 4.79 Å². The molecular formula is C13H18INO. The fraction of sp³-hybridized carbons (Fsp3) is 0.462. The van der Waals surface area contributed by atoms with Crippen LogP contribution in [0.25, 0.3) is 0 Å². The van der Waals surface area contributed by atoms with Crippen molar-refractivity contribution in [3.8, 4) is 0 Å².